The molecule has 0 amide bonds. The molecule has 1 saturated heterocycles. The fraction of sp³-hybridized carbons (Fsp3) is 0.500. The Morgan fingerprint density at radius 3 is 2.78 bits per heavy atom. The van der Waals surface area contributed by atoms with Gasteiger partial charge in [-0.05, 0) is 28.9 Å². The van der Waals surface area contributed by atoms with E-state index in [1.165, 1.54) is 4.57 Å². The average molecular weight is 312 g/mol. The molecule has 0 saturated carbocycles. The third kappa shape index (κ3) is 2.57. The van der Waals surface area contributed by atoms with E-state index in [1.807, 2.05) is 4.90 Å². The molecule has 0 spiro atoms. The first kappa shape index (κ1) is 13.1. The zero-order valence-electron chi connectivity index (χ0n) is 10.1. The van der Waals surface area contributed by atoms with Crippen molar-refractivity contribution < 1.29 is 4.74 Å². The van der Waals surface area contributed by atoms with E-state index in [0.29, 0.717) is 32.0 Å². The molecule has 0 aromatic carbocycles. The van der Waals surface area contributed by atoms with Crippen molar-refractivity contribution in [2.24, 2.45) is 0 Å². The fourth-order valence-corrected chi connectivity index (χ4v) is 2.37. The number of hydrogen-bond donors (Lipinski definition) is 0. The van der Waals surface area contributed by atoms with Gasteiger partial charge in [-0.2, -0.15) is 5.26 Å². The summed E-state index contributed by atoms with van der Waals surface area (Å²) in [7, 11) is 0. The first-order chi connectivity index (χ1) is 8.63. The van der Waals surface area contributed by atoms with Crippen LogP contribution in [0, 0.1) is 11.3 Å². The van der Waals surface area contributed by atoms with E-state index in [9.17, 15) is 4.79 Å². The Labute approximate surface area is 114 Å². The Hall–Kier alpha value is -1.32. The van der Waals surface area contributed by atoms with Crippen LogP contribution in [-0.2, 0) is 4.74 Å². The van der Waals surface area contributed by atoms with Gasteiger partial charge in [0.15, 0.2) is 0 Å². The molecule has 1 aliphatic rings. The minimum absolute atomic E-state index is 0.130. The maximum absolute atomic E-state index is 12.3. The second-order valence-corrected chi connectivity index (χ2v) is 5.08. The van der Waals surface area contributed by atoms with E-state index in [0.717, 1.165) is 4.47 Å². The molecule has 1 aromatic heterocycles. The van der Waals surface area contributed by atoms with Crippen LogP contribution in [0.5, 0.6) is 0 Å². The van der Waals surface area contributed by atoms with Crippen LogP contribution in [0.2, 0.25) is 0 Å². The molecular formula is C12H14BrN3O2. The van der Waals surface area contributed by atoms with Crippen molar-refractivity contribution in [2.75, 3.05) is 31.2 Å². The smallest absolute Gasteiger partial charge is 0.275 e. The molecule has 2 heterocycles. The number of anilines is 1. The van der Waals surface area contributed by atoms with Gasteiger partial charge in [0.2, 0.25) is 0 Å². The number of halogens is 1. The molecule has 18 heavy (non-hydrogen) atoms. The fourth-order valence-electron chi connectivity index (χ4n) is 1.93. The topological polar surface area (TPSA) is 58.3 Å². The molecule has 1 unspecified atom stereocenters. The molecule has 96 valence electrons. The van der Waals surface area contributed by atoms with E-state index in [-0.39, 0.29) is 5.56 Å². The summed E-state index contributed by atoms with van der Waals surface area (Å²) in [4.78, 5) is 14.3. The van der Waals surface area contributed by atoms with Crippen LogP contribution in [0.25, 0.3) is 0 Å². The Morgan fingerprint density at radius 2 is 2.17 bits per heavy atom. The molecule has 2 rings (SSSR count). The van der Waals surface area contributed by atoms with E-state index in [2.05, 4.69) is 22.0 Å². The number of pyridine rings is 1. The third-order valence-electron chi connectivity index (χ3n) is 2.95. The van der Waals surface area contributed by atoms with Crippen LogP contribution in [0.3, 0.4) is 0 Å². The number of hydrogen-bond acceptors (Lipinski definition) is 4. The van der Waals surface area contributed by atoms with Crippen molar-refractivity contribution in [3.8, 4) is 6.07 Å². The second-order valence-electron chi connectivity index (χ2n) is 4.16. The van der Waals surface area contributed by atoms with Crippen LogP contribution in [0.1, 0.15) is 13.0 Å². The van der Waals surface area contributed by atoms with Crippen molar-refractivity contribution >= 4 is 21.6 Å². The molecule has 0 radical (unpaired) electrons. The van der Waals surface area contributed by atoms with Gasteiger partial charge in [0, 0.05) is 23.8 Å². The van der Waals surface area contributed by atoms with Crippen molar-refractivity contribution in [1.29, 1.82) is 5.26 Å². The summed E-state index contributed by atoms with van der Waals surface area (Å²) in [6, 6.07) is 3.40. The summed E-state index contributed by atoms with van der Waals surface area (Å²) >= 11 is 3.38. The Bertz CT molecular complexity index is 529. The van der Waals surface area contributed by atoms with Gasteiger partial charge in [0.25, 0.3) is 5.56 Å². The van der Waals surface area contributed by atoms with Gasteiger partial charge in [-0.3, -0.25) is 9.36 Å². The van der Waals surface area contributed by atoms with Crippen LogP contribution in [0.15, 0.2) is 21.5 Å². The summed E-state index contributed by atoms with van der Waals surface area (Å²) in [5.74, 6) is 0. The number of aromatic nitrogens is 1. The van der Waals surface area contributed by atoms with E-state index < -0.39 is 6.04 Å². The lowest BCUT2D eigenvalue weighted by molar-refractivity contribution is 0.122. The zero-order valence-corrected chi connectivity index (χ0v) is 11.7. The highest BCUT2D eigenvalue weighted by atomic mass is 79.9. The molecule has 1 fully saturated rings. The lowest BCUT2D eigenvalue weighted by Crippen LogP contribution is -2.40. The maximum Gasteiger partial charge on any atom is 0.275 e. The molecule has 6 heteroatoms. The number of nitrogens with zero attached hydrogens (tertiary/aromatic N) is 3. The predicted octanol–water partition coefficient (Wildman–Crippen LogP) is 1.53. The largest absolute Gasteiger partial charge is 0.378 e. The Balaban J connectivity index is 2.44. The van der Waals surface area contributed by atoms with E-state index in [4.69, 9.17) is 10.00 Å². The van der Waals surface area contributed by atoms with Gasteiger partial charge in [-0.15, -0.1) is 0 Å². The van der Waals surface area contributed by atoms with Crippen LogP contribution in [0.4, 0.5) is 5.69 Å². The van der Waals surface area contributed by atoms with Crippen molar-refractivity contribution in [1.82, 2.24) is 4.57 Å². The zero-order chi connectivity index (χ0) is 13.1. The third-order valence-corrected chi connectivity index (χ3v) is 3.38. The molecular weight excluding hydrogens is 298 g/mol. The molecule has 1 aromatic rings. The minimum atomic E-state index is -0.477. The van der Waals surface area contributed by atoms with Gasteiger partial charge in [0.05, 0.1) is 19.3 Å². The average Bonchev–Trinajstić information content (AvgIpc) is 2.41. The summed E-state index contributed by atoms with van der Waals surface area (Å²) < 4.78 is 7.53. The molecule has 1 atom stereocenters. The molecule has 0 aliphatic carbocycles. The molecule has 1 aliphatic heterocycles. The number of rotatable bonds is 2. The second kappa shape index (κ2) is 5.55. The van der Waals surface area contributed by atoms with Gasteiger partial charge in [-0.25, -0.2) is 0 Å². The summed E-state index contributed by atoms with van der Waals surface area (Å²) in [6.45, 7) is 4.36. The van der Waals surface area contributed by atoms with Crippen molar-refractivity contribution in [3.05, 3.63) is 27.1 Å². The standard InChI is InChI=1S/C12H14BrN3O2/c1-9(7-14)16-8-10(13)6-11(12(16)17)15-2-4-18-5-3-15/h6,8-9H,2-5H2,1H3. The van der Waals surface area contributed by atoms with Gasteiger partial charge < -0.3 is 9.64 Å². The van der Waals surface area contributed by atoms with Gasteiger partial charge in [0.1, 0.15) is 11.7 Å². The van der Waals surface area contributed by atoms with Gasteiger partial charge >= 0.3 is 0 Å². The highest BCUT2D eigenvalue weighted by Crippen LogP contribution is 2.18. The summed E-state index contributed by atoms with van der Waals surface area (Å²) in [6.07, 6.45) is 1.65. The molecule has 5 nitrogen and oxygen atoms in total. The number of ether oxygens (including phenoxy) is 1. The lowest BCUT2D eigenvalue weighted by atomic mass is 10.3. The minimum Gasteiger partial charge on any atom is -0.378 e. The predicted molar refractivity (Wildman–Crippen MR) is 71.8 cm³/mol. The monoisotopic (exact) mass is 311 g/mol. The lowest BCUT2D eigenvalue weighted by Gasteiger charge is -2.28. The normalized spacial score (nSPS) is 17.3. The van der Waals surface area contributed by atoms with Crippen LogP contribution < -0.4 is 10.5 Å². The SMILES string of the molecule is CC(C#N)n1cc(Br)cc(N2CCOCC2)c1=O. The summed E-state index contributed by atoms with van der Waals surface area (Å²) in [5.41, 5.74) is 0.490. The van der Waals surface area contributed by atoms with Crippen LogP contribution >= 0.6 is 15.9 Å². The first-order valence-electron chi connectivity index (χ1n) is 5.77. The highest BCUT2D eigenvalue weighted by Gasteiger charge is 2.18. The van der Waals surface area contributed by atoms with Crippen molar-refractivity contribution in [3.63, 3.8) is 0 Å². The number of morpholine rings is 1. The maximum atomic E-state index is 12.3. The van der Waals surface area contributed by atoms with Crippen molar-refractivity contribution in [2.45, 2.75) is 13.0 Å². The first-order valence-corrected chi connectivity index (χ1v) is 6.57. The Morgan fingerprint density at radius 1 is 1.50 bits per heavy atom. The quantitative estimate of drug-likeness (QED) is 0.831. The van der Waals surface area contributed by atoms with Gasteiger partial charge in [-0.1, -0.05) is 0 Å². The Kier molecular flexibility index (Phi) is 4.04. The van der Waals surface area contributed by atoms with E-state index in [1.54, 1.807) is 19.2 Å². The summed E-state index contributed by atoms with van der Waals surface area (Å²) in [5, 5.41) is 8.95. The van der Waals surface area contributed by atoms with Crippen LogP contribution in [-0.4, -0.2) is 30.9 Å². The van der Waals surface area contributed by atoms with E-state index >= 15 is 0 Å². The molecule has 0 N–H and O–H groups in total. The number of nitriles is 1. The molecule has 0 bridgehead atoms. The highest BCUT2D eigenvalue weighted by molar-refractivity contribution is 9.10.